The highest BCUT2D eigenvalue weighted by atomic mass is 79.9. The van der Waals surface area contributed by atoms with E-state index in [9.17, 15) is 4.39 Å². The highest BCUT2D eigenvalue weighted by Gasteiger charge is 2.21. The van der Waals surface area contributed by atoms with Crippen molar-refractivity contribution in [2.75, 3.05) is 14.2 Å². The second-order valence-electron chi connectivity index (χ2n) is 4.26. The molecule has 1 unspecified atom stereocenters. The van der Waals surface area contributed by atoms with Gasteiger partial charge in [-0.25, -0.2) is 4.39 Å². The number of rotatable bonds is 4. The van der Waals surface area contributed by atoms with Gasteiger partial charge in [0.1, 0.15) is 5.82 Å². The van der Waals surface area contributed by atoms with Crippen molar-refractivity contribution in [3.63, 3.8) is 0 Å². The van der Waals surface area contributed by atoms with Crippen molar-refractivity contribution < 1.29 is 13.9 Å². The molecule has 1 atom stereocenters. The lowest BCUT2D eigenvalue weighted by Crippen LogP contribution is -2.01. The van der Waals surface area contributed by atoms with Gasteiger partial charge in [0, 0.05) is 21.1 Å². The van der Waals surface area contributed by atoms with Crippen LogP contribution in [0.25, 0.3) is 0 Å². The Morgan fingerprint density at radius 1 is 1.05 bits per heavy atom. The van der Waals surface area contributed by atoms with Gasteiger partial charge in [0.25, 0.3) is 0 Å². The van der Waals surface area contributed by atoms with E-state index in [-0.39, 0.29) is 10.6 Å². The molecule has 0 spiro atoms. The van der Waals surface area contributed by atoms with E-state index in [1.54, 1.807) is 18.2 Å². The quantitative estimate of drug-likeness (QED) is 0.567. The van der Waals surface area contributed by atoms with Crippen molar-refractivity contribution in [3.8, 4) is 11.5 Å². The van der Waals surface area contributed by atoms with E-state index in [0.29, 0.717) is 22.1 Å². The molecule has 0 aliphatic heterocycles. The van der Waals surface area contributed by atoms with Gasteiger partial charge < -0.3 is 9.47 Å². The van der Waals surface area contributed by atoms with Gasteiger partial charge in [0.2, 0.25) is 0 Å². The summed E-state index contributed by atoms with van der Waals surface area (Å²) in [5.41, 5.74) is 1.27. The molecule has 0 fully saturated rings. The molecule has 21 heavy (non-hydrogen) atoms. The molecule has 0 aliphatic carbocycles. The molecule has 6 heteroatoms. The Hall–Kier alpha value is -0.780. The van der Waals surface area contributed by atoms with Gasteiger partial charge in [0.15, 0.2) is 11.5 Å². The van der Waals surface area contributed by atoms with Crippen LogP contribution >= 0.6 is 43.5 Å². The van der Waals surface area contributed by atoms with Gasteiger partial charge in [-0.15, -0.1) is 0 Å². The molecular weight excluding hydrogens is 426 g/mol. The summed E-state index contributed by atoms with van der Waals surface area (Å²) in [6.45, 7) is 0. The number of hydrogen-bond donors (Lipinski definition) is 0. The zero-order chi connectivity index (χ0) is 15.6. The van der Waals surface area contributed by atoms with Crippen LogP contribution in [0.15, 0.2) is 34.8 Å². The molecule has 0 aliphatic rings. The number of alkyl halides is 1. The fourth-order valence-electron chi connectivity index (χ4n) is 1.94. The zero-order valence-electron chi connectivity index (χ0n) is 11.3. The highest BCUT2D eigenvalue weighted by Crippen LogP contribution is 2.41. The molecule has 2 aromatic carbocycles. The molecule has 0 radical (unpaired) electrons. The van der Waals surface area contributed by atoms with E-state index >= 15 is 0 Å². The Labute approximate surface area is 144 Å². The summed E-state index contributed by atoms with van der Waals surface area (Å²) >= 11 is 13.0. The number of benzene rings is 2. The van der Waals surface area contributed by atoms with Crippen LogP contribution in [0.5, 0.6) is 11.5 Å². The molecule has 0 N–H and O–H groups in total. The minimum Gasteiger partial charge on any atom is -0.493 e. The Morgan fingerprint density at radius 2 is 1.67 bits per heavy atom. The van der Waals surface area contributed by atoms with Gasteiger partial charge in [-0.1, -0.05) is 43.5 Å². The average molecular weight is 439 g/mol. The van der Waals surface area contributed by atoms with Crippen LogP contribution in [0.1, 0.15) is 16.0 Å². The molecule has 0 heterocycles. The minimum absolute atomic E-state index is 0.351. The smallest absolute Gasteiger partial charge is 0.163 e. The van der Waals surface area contributed by atoms with Crippen molar-refractivity contribution in [2.24, 2.45) is 0 Å². The summed E-state index contributed by atoms with van der Waals surface area (Å²) in [5.74, 6) is 0.432. The van der Waals surface area contributed by atoms with Crippen LogP contribution in [0, 0.1) is 5.82 Å². The third-order valence-electron chi connectivity index (χ3n) is 3.01. The van der Waals surface area contributed by atoms with Gasteiger partial charge in [-0.3, -0.25) is 0 Å². The van der Waals surface area contributed by atoms with Crippen LogP contribution in [-0.2, 0) is 0 Å². The number of halogens is 4. The van der Waals surface area contributed by atoms with E-state index in [0.717, 1.165) is 10.0 Å². The number of methoxy groups -OCH3 is 2. The Morgan fingerprint density at radius 3 is 2.29 bits per heavy atom. The summed E-state index contributed by atoms with van der Waals surface area (Å²) < 4.78 is 25.5. The van der Waals surface area contributed by atoms with Crippen LogP contribution < -0.4 is 9.47 Å². The first-order valence-corrected chi connectivity index (χ1v) is 8.07. The standard InChI is InChI=1S/C15H12Br2ClFO2/c1-20-13-6-10(12(19)7-14(13)21-2)15(17)9-5-8(18)3-4-11(9)16/h3-7,15H,1-2H3. The summed E-state index contributed by atoms with van der Waals surface area (Å²) in [6.07, 6.45) is 0. The first-order chi connectivity index (χ1) is 9.97. The average Bonchev–Trinajstić information content (AvgIpc) is 2.48. The van der Waals surface area contributed by atoms with Crippen LogP contribution in [0.3, 0.4) is 0 Å². The molecule has 0 aromatic heterocycles. The maximum Gasteiger partial charge on any atom is 0.163 e. The Bertz CT molecular complexity index is 664. The van der Waals surface area contributed by atoms with E-state index in [1.165, 1.54) is 20.3 Å². The monoisotopic (exact) mass is 436 g/mol. The van der Waals surface area contributed by atoms with Gasteiger partial charge in [-0.2, -0.15) is 0 Å². The Kier molecular flexibility index (Phi) is 5.52. The highest BCUT2D eigenvalue weighted by molar-refractivity contribution is 9.11. The first-order valence-electron chi connectivity index (χ1n) is 5.98. The van der Waals surface area contributed by atoms with E-state index < -0.39 is 0 Å². The molecule has 2 rings (SSSR count). The molecular formula is C15H12Br2ClFO2. The fraction of sp³-hybridized carbons (Fsp3) is 0.200. The maximum absolute atomic E-state index is 14.3. The predicted molar refractivity (Wildman–Crippen MR) is 89.4 cm³/mol. The molecule has 0 saturated carbocycles. The third kappa shape index (κ3) is 3.52. The minimum atomic E-state index is -0.388. The molecule has 2 nitrogen and oxygen atoms in total. The molecule has 0 saturated heterocycles. The van der Waals surface area contributed by atoms with Gasteiger partial charge in [-0.05, 0) is 29.8 Å². The van der Waals surface area contributed by atoms with Crippen molar-refractivity contribution in [1.29, 1.82) is 0 Å². The second kappa shape index (κ2) is 6.99. The largest absolute Gasteiger partial charge is 0.493 e. The predicted octanol–water partition coefficient (Wildman–Crippen LogP) is 5.74. The molecule has 0 amide bonds. The van der Waals surface area contributed by atoms with Crippen molar-refractivity contribution in [2.45, 2.75) is 4.83 Å². The molecule has 2 aromatic rings. The Balaban J connectivity index is 2.52. The number of ether oxygens (including phenoxy) is 2. The van der Waals surface area contributed by atoms with Gasteiger partial charge in [0.05, 0.1) is 19.0 Å². The summed E-state index contributed by atoms with van der Waals surface area (Å²) in [4.78, 5) is -0.370. The second-order valence-corrected chi connectivity index (χ2v) is 6.46. The van der Waals surface area contributed by atoms with Crippen LogP contribution in [0.2, 0.25) is 5.02 Å². The topological polar surface area (TPSA) is 18.5 Å². The van der Waals surface area contributed by atoms with E-state index in [4.69, 9.17) is 21.1 Å². The molecule has 0 bridgehead atoms. The lowest BCUT2D eigenvalue weighted by Gasteiger charge is -2.16. The number of hydrogen-bond acceptors (Lipinski definition) is 2. The lowest BCUT2D eigenvalue weighted by atomic mass is 10.0. The lowest BCUT2D eigenvalue weighted by molar-refractivity contribution is 0.351. The van der Waals surface area contributed by atoms with Crippen molar-refractivity contribution in [1.82, 2.24) is 0 Å². The summed E-state index contributed by atoms with van der Waals surface area (Å²) in [5, 5.41) is 0.582. The summed E-state index contributed by atoms with van der Waals surface area (Å²) in [7, 11) is 2.98. The summed E-state index contributed by atoms with van der Waals surface area (Å²) in [6, 6.07) is 8.29. The maximum atomic E-state index is 14.3. The first kappa shape index (κ1) is 16.6. The SMILES string of the molecule is COc1cc(F)c(C(Br)c2cc(Cl)ccc2Br)cc1OC. The van der Waals surface area contributed by atoms with Crippen molar-refractivity contribution >= 4 is 43.5 Å². The normalized spacial score (nSPS) is 12.1. The van der Waals surface area contributed by atoms with Crippen LogP contribution in [-0.4, -0.2) is 14.2 Å². The van der Waals surface area contributed by atoms with E-state index in [1.807, 2.05) is 6.07 Å². The van der Waals surface area contributed by atoms with Gasteiger partial charge >= 0.3 is 0 Å². The van der Waals surface area contributed by atoms with Crippen molar-refractivity contribution in [3.05, 3.63) is 56.8 Å². The van der Waals surface area contributed by atoms with E-state index in [2.05, 4.69) is 31.9 Å². The third-order valence-corrected chi connectivity index (χ3v) is 4.95. The zero-order valence-corrected chi connectivity index (χ0v) is 15.2. The molecule has 112 valence electrons. The van der Waals surface area contributed by atoms with Crippen LogP contribution in [0.4, 0.5) is 4.39 Å². The fourth-order valence-corrected chi connectivity index (χ4v) is 3.63.